The minimum Gasteiger partial charge on any atom is -0.360 e. The number of fused-ring (bicyclic) bond motifs is 1. The second-order valence-corrected chi connectivity index (χ2v) is 3.90. The number of hydrogen-bond acceptors (Lipinski definition) is 3. The molecule has 0 fully saturated rings. The molecule has 1 heterocycles. The zero-order valence-electron chi connectivity index (χ0n) is 9.32. The van der Waals surface area contributed by atoms with Gasteiger partial charge in [0.1, 0.15) is 6.42 Å². The summed E-state index contributed by atoms with van der Waals surface area (Å²) in [5.74, 6) is -1.13. The zero-order valence-corrected chi connectivity index (χ0v) is 9.32. The molecule has 2 rings (SSSR count). The van der Waals surface area contributed by atoms with E-state index in [2.05, 4.69) is 4.98 Å². The van der Waals surface area contributed by atoms with Gasteiger partial charge in [-0.1, -0.05) is 0 Å². The van der Waals surface area contributed by atoms with Gasteiger partial charge in [0.15, 0.2) is 5.78 Å². The summed E-state index contributed by atoms with van der Waals surface area (Å²) < 4.78 is 36.5. The van der Waals surface area contributed by atoms with Crippen molar-refractivity contribution in [2.24, 2.45) is 0 Å². The summed E-state index contributed by atoms with van der Waals surface area (Å²) in [6.45, 7) is 0. The Morgan fingerprint density at radius 2 is 2.05 bits per heavy atom. The van der Waals surface area contributed by atoms with E-state index in [0.717, 1.165) is 12.3 Å². The van der Waals surface area contributed by atoms with Crippen molar-refractivity contribution in [3.05, 3.63) is 40.1 Å². The molecule has 0 amide bonds. The summed E-state index contributed by atoms with van der Waals surface area (Å²) in [5, 5.41) is 10.7. The number of non-ortho nitro benzene ring substituents is 1. The number of nitro groups is 1. The van der Waals surface area contributed by atoms with Crippen molar-refractivity contribution in [3.63, 3.8) is 0 Å². The molecule has 1 aromatic heterocycles. The highest BCUT2D eigenvalue weighted by Crippen LogP contribution is 2.28. The molecule has 0 spiro atoms. The molecule has 2 aromatic rings. The normalized spacial score (nSPS) is 11.7. The Kier molecular flexibility index (Phi) is 3.01. The molecule has 1 aromatic carbocycles. The first-order chi connectivity index (χ1) is 8.78. The fourth-order valence-corrected chi connectivity index (χ4v) is 1.73. The first-order valence-electron chi connectivity index (χ1n) is 5.13. The molecule has 0 radical (unpaired) electrons. The molecule has 0 aliphatic rings. The van der Waals surface area contributed by atoms with Crippen LogP contribution in [0.2, 0.25) is 0 Å². The largest absolute Gasteiger partial charge is 0.396 e. The summed E-state index contributed by atoms with van der Waals surface area (Å²) in [6.07, 6.45) is -5.08. The zero-order chi connectivity index (χ0) is 14.2. The highest BCUT2D eigenvalue weighted by Gasteiger charge is 2.32. The van der Waals surface area contributed by atoms with Crippen molar-refractivity contribution in [2.75, 3.05) is 0 Å². The van der Waals surface area contributed by atoms with Crippen LogP contribution in [0, 0.1) is 10.1 Å². The van der Waals surface area contributed by atoms with Crippen LogP contribution in [0.15, 0.2) is 24.4 Å². The maximum absolute atomic E-state index is 12.2. The number of carbonyl (C=O) groups is 1. The van der Waals surface area contributed by atoms with Gasteiger partial charge in [-0.15, -0.1) is 0 Å². The second kappa shape index (κ2) is 4.38. The number of hydrogen-bond donors (Lipinski definition) is 1. The molecule has 0 unspecified atom stereocenters. The van der Waals surface area contributed by atoms with Crippen molar-refractivity contribution in [1.29, 1.82) is 0 Å². The quantitative estimate of drug-likeness (QED) is 0.529. The van der Waals surface area contributed by atoms with Crippen molar-refractivity contribution >= 4 is 22.4 Å². The monoisotopic (exact) mass is 272 g/mol. The lowest BCUT2D eigenvalue weighted by atomic mass is 10.1. The maximum atomic E-state index is 12.2. The number of nitro benzene ring substituents is 1. The fourth-order valence-electron chi connectivity index (χ4n) is 1.73. The predicted molar refractivity (Wildman–Crippen MR) is 60.0 cm³/mol. The molecular weight excluding hydrogens is 265 g/mol. The predicted octanol–water partition coefficient (Wildman–Crippen LogP) is 3.21. The summed E-state index contributed by atoms with van der Waals surface area (Å²) in [7, 11) is 0. The third-order valence-electron chi connectivity index (χ3n) is 2.54. The molecule has 19 heavy (non-hydrogen) atoms. The molecule has 5 nitrogen and oxygen atoms in total. The van der Waals surface area contributed by atoms with Gasteiger partial charge in [-0.3, -0.25) is 14.9 Å². The molecule has 0 aliphatic carbocycles. The molecule has 0 atom stereocenters. The third-order valence-corrected chi connectivity index (χ3v) is 2.54. The van der Waals surface area contributed by atoms with Crippen molar-refractivity contribution in [2.45, 2.75) is 12.6 Å². The van der Waals surface area contributed by atoms with E-state index in [1.54, 1.807) is 0 Å². The van der Waals surface area contributed by atoms with Gasteiger partial charge < -0.3 is 4.98 Å². The van der Waals surface area contributed by atoms with E-state index in [1.807, 2.05) is 0 Å². The average molecular weight is 272 g/mol. The number of nitrogens with zero attached hydrogens (tertiary/aromatic N) is 1. The van der Waals surface area contributed by atoms with Gasteiger partial charge >= 0.3 is 6.18 Å². The first kappa shape index (κ1) is 13.1. The minimum atomic E-state index is -4.61. The molecule has 0 aliphatic heterocycles. The van der Waals surface area contributed by atoms with Gasteiger partial charge in [-0.2, -0.15) is 13.2 Å². The lowest BCUT2D eigenvalue weighted by molar-refractivity contribution is -0.384. The second-order valence-electron chi connectivity index (χ2n) is 3.90. The van der Waals surface area contributed by atoms with Crippen LogP contribution >= 0.6 is 0 Å². The van der Waals surface area contributed by atoms with Crippen LogP contribution in [0.3, 0.4) is 0 Å². The van der Waals surface area contributed by atoms with E-state index in [0.29, 0.717) is 5.52 Å². The lowest BCUT2D eigenvalue weighted by Crippen LogP contribution is -2.14. The number of Topliss-reactive ketones (excluding diaryl/α,β-unsaturated/α-hetero) is 1. The molecule has 1 N–H and O–H groups in total. The Morgan fingerprint density at radius 3 is 2.63 bits per heavy atom. The molecule has 0 saturated heterocycles. The number of ketones is 1. The van der Waals surface area contributed by atoms with E-state index in [1.165, 1.54) is 12.1 Å². The third kappa shape index (κ3) is 2.72. The Balaban J connectivity index is 2.46. The van der Waals surface area contributed by atoms with Crippen LogP contribution in [0.5, 0.6) is 0 Å². The summed E-state index contributed by atoms with van der Waals surface area (Å²) in [5.41, 5.74) is -0.111. The molecule has 0 saturated carbocycles. The number of nitrogens with one attached hydrogen (secondary N) is 1. The minimum absolute atomic E-state index is 0.114. The van der Waals surface area contributed by atoms with Gasteiger partial charge in [0.2, 0.25) is 0 Å². The SMILES string of the molecule is O=C(CC(F)(F)F)c1c[nH]c2ccc([N+](=O)[O-])cc12. The number of aromatic nitrogens is 1. The number of aromatic amines is 1. The highest BCUT2D eigenvalue weighted by atomic mass is 19.4. The van der Waals surface area contributed by atoms with Crippen molar-refractivity contribution < 1.29 is 22.9 Å². The summed E-state index contributed by atoms with van der Waals surface area (Å²) in [6, 6.07) is 3.63. The smallest absolute Gasteiger partial charge is 0.360 e. The van der Waals surface area contributed by atoms with Crippen LogP contribution in [-0.2, 0) is 0 Å². The topological polar surface area (TPSA) is 76.0 Å². The van der Waals surface area contributed by atoms with Crippen LogP contribution in [0.4, 0.5) is 18.9 Å². The van der Waals surface area contributed by atoms with Gasteiger partial charge in [-0.25, -0.2) is 0 Å². The first-order valence-corrected chi connectivity index (χ1v) is 5.13. The van der Waals surface area contributed by atoms with Crippen LogP contribution < -0.4 is 0 Å². The number of alkyl halides is 3. The number of rotatable bonds is 3. The Bertz CT molecular complexity index is 661. The Morgan fingerprint density at radius 1 is 1.37 bits per heavy atom. The highest BCUT2D eigenvalue weighted by molar-refractivity contribution is 6.08. The summed E-state index contributed by atoms with van der Waals surface area (Å²) >= 11 is 0. The van der Waals surface area contributed by atoms with E-state index >= 15 is 0 Å². The van der Waals surface area contributed by atoms with Crippen LogP contribution in [-0.4, -0.2) is 21.9 Å². The van der Waals surface area contributed by atoms with Gasteiger partial charge in [-0.05, 0) is 6.07 Å². The molecule has 0 bridgehead atoms. The Hall–Kier alpha value is -2.38. The van der Waals surface area contributed by atoms with E-state index in [-0.39, 0.29) is 16.6 Å². The fraction of sp³-hybridized carbons (Fsp3) is 0.182. The van der Waals surface area contributed by atoms with Gasteiger partial charge in [0, 0.05) is 34.8 Å². The molecular formula is C11H7F3N2O3. The molecule has 8 heteroatoms. The average Bonchev–Trinajstić information content (AvgIpc) is 2.68. The maximum Gasteiger partial charge on any atom is 0.396 e. The van der Waals surface area contributed by atoms with Crippen LogP contribution in [0.25, 0.3) is 10.9 Å². The lowest BCUT2D eigenvalue weighted by Gasteiger charge is -2.04. The van der Waals surface area contributed by atoms with Crippen molar-refractivity contribution in [1.82, 2.24) is 4.98 Å². The van der Waals surface area contributed by atoms with E-state index in [4.69, 9.17) is 0 Å². The van der Waals surface area contributed by atoms with E-state index < -0.39 is 23.3 Å². The number of halogens is 3. The molecule has 100 valence electrons. The van der Waals surface area contributed by atoms with Crippen LogP contribution in [0.1, 0.15) is 16.8 Å². The van der Waals surface area contributed by atoms with Gasteiger partial charge in [0.25, 0.3) is 5.69 Å². The van der Waals surface area contributed by atoms with E-state index in [9.17, 15) is 28.1 Å². The number of carbonyl (C=O) groups excluding carboxylic acids is 1. The summed E-state index contributed by atoms with van der Waals surface area (Å²) in [4.78, 5) is 24.0. The van der Waals surface area contributed by atoms with Crippen molar-refractivity contribution in [3.8, 4) is 0 Å². The van der Waals surface area contributed by atoms with Gasteiger partial charge in [0.05, 0.1) is 4.92 Å². The number of H-pyrrole nitrogens is 1. The Labute approximate surface area is 104 Å². The number of benzene rings is 1. The standard InChI is InChI=1S/C11H7F3N2O3/c12-11(13,14)4-10(17)8-5-15-9-2-1-6(16(18)19)3-7(8)9/h1-3,5,15H,4H2.